The van der Waals surface area contributed by atoms with E-state index in [1.807, 2.05) is 30.5 Å². The molecule has 2 aliphatic rings. The lowest BCUT2D eigenvalue weighted by Crippen LogP contribution is -2.61. The van der Waals surface area contributed by atoms with Gasteiger partial charge >= 0.3 is 0 Å². The first-order valence-corrected chi connectivity index (χ1v) is 11.2. The average molecular weight is 404 g/mol. The van der Waals surface area contributed by atoms with Crippen molar-refractivity contribution in [1.29, 1.82) is 0 Å². The van der Waals surface area contributed by atoms with Crippen LogP contribution in [0.1, 0.15) is 48.5 Å². The molecular formula is C25H31N4O+. The second kappa shape index (κ2) is 7.56. The van der Waals surface area contributed by atoms with Gasteiger partial charge in [0.1, 0.15) is 13.1 Å². The Morgan fingerprint density at radius 3 is 2.67 bits per heavy atom. The van der Waals surface area contributed by atoms with Crippen LogP contribution in [0.25, 0.3) is 10.9 Å². The Bertz CT molecular complexity index is 1080. The molecule has 1 atom stereocenters. The fraction of sp³-hybridized carbons (Fsp3) is 0.400. The Kier molecular flexibility index (Phi) is 4.88. The predicted molar refractivity (Wildman–Crippen MR) is 124 cm³/mol. The fourth-order valence-corrected chi connectivity index (χ4v) is 5.44. The maximum absolute atomic E-state index is 12.9. The molecule has 0 saturated carbocycles. The zero-order valence-corrected chi connectivity index (χ0v) is 17.9. The van der Waals surface area contributed by atoms with Gasteiger partial charge in [0.05, 0.1) is 6.04 Å². The number of rotatable bonds is 4. The van der Waals surface area contributed by atoms with E-state index in [1.165, 1.54) is 51.0 Å². The number of amides is 1. The molecule has 1 aromatic heterocycles. The van der Waals surface area contributed by atoms with Crippen molar-refractivity contribution in [3.8, 4) is 0 Å². The molecule has 0 spiro atoms. The van der Waals surface area contributed by atoms with Crippen LogP contribution in [0.5, 0.6) is 0 Å². The maximum atomic E-state index is 12.9. The molecule has 5 rings (SSSR count). The van der Waals surface area contributed by atoms with Gasteiger partial charge in [0.2, 0.25) is 0 Å². The van der Waals surface area contributed by atoms with Crippen LogP contribution in [0, 0.1) is 6.92 Å². The van der Waals surface area contributed by atoms with E-state index in [4.69, 9.17) is 0 Å². The highest BCUT2D eigenvalue weighted by atomic mass is 16.1. The second-order valence-electron chi connectivity index (χ2n) is 8.96. The average Bonchev–Trinajstić information content (AvgIpc) is 3.49. The Morgan fingerprint density at radius 1 is 1.10 bits per heavy atom. The minimum Gasteiger partial charge on any atom is -0.361 e. The van der Waals surface area contributed by atoms with E-state index in [2.05, 4.69) is 47.4 Å². The third-order valence-corrected chi connectivity index (χ3v) is 7.07. The van der Waals surface area contributed by atoms with Gasteiger partial charge in [0.15, 0.2) is 5.69 Å². The summed E-state index contributed by atoms with van der Waals surface area (Å²) in [6.07, 6.45) is 7.04. The van der Waals surface area contributed by atoms with Gasteiger partial charge in [-0.25, -0.2) is 4.59 Å². The molecule has 1 amide bonds. The molecule has 5 nitrogen and oxygen atoms in total. The highest BCUT2D eigenvalue weighted by Gasteiger charge is 2.45. The Hall–Kier alpha value is -2.63. The summed E-state index contributed by atoms with van der Waals surface area (Å²) >= 11 is 0. The highest BCUT2D eigenvalue weighted by Crippen LogP contribution is 2.38. The largest absolute Gasteiger partial charge is 0.361 e. The summed E-state index contributed by atoms with van der Waals surface area (Å²) in [5.74, 6) is -0.0628. The van der Waals surface area contributed by atoms with E-state index in [0.29, 0.717) is 11.6 Å². The number of aromatic nitrogens is 1. The molecule has 2 fully saturated rings. The number of benzene rings is 2. The zero-order chi connectivity index (χ0) is 20.7. The molecule has 0 unspecified atom stereocenters. The number of H-pyrrole nitrogens is 1. The van der Waals surface area contributed by atoms with Crippen molar-refractivity contribution in [3.05, 3.63) is 59.8 Å². The van der Waals surface area contributed by atoms with Crippen molar-refractivity contribution in [2.45, 2.75) is 45.6 Å². The molecule has 0 bridgehead atoms. The number of anilines is 1. The number of aromatic amines is 1. The summed E-state index contributed by atoms with van der Waals surface area (Å²) < 4.78 is 0.986. The number of quaternary nitrogens is 1. The third-order valence-electron chi connectivity index (χ3n) is 7.07. The molecule has 3 aromatic rings. The Balaban J connectivity index is 1.40. The lowest BCUT2D eigenvalue weighted by atomic mass is 10.1. The van der Waals surface area contributed by atoms with Crippen molar-refractivity contribution in [3.63, 3.8) is 0 Å². The van der Waals surface area contributed by atoms with Gasteiger partial charge in [0.25, 0.3) is 5.91 Å². The van der Waals surface area contributed by atoms with Crippen LogP contribution >= 0.6 is 0 Å². The predicted octanol–water partition coefficient (Wildman–Crippen LogP) is 5.23. The van der Waals surface area contributed by atoms with Gasteiger partial charge in [-0.15, -0.1) is 5.01 Å². The van der Waals surface area contributed by atoms with Crippen LogP contribution in [-0.4, -0.2) is 41.6 Å². The summed E-state index contributed by atoms with van der Waals surface area (Å²) in [6, 6.07) is 15.0. The number of hydrogen-bond acceptors (Lipinski definition) is 2. The molecule has 3 heterocycles. The number of nitrogens with zero attached hydrogens (tertiary/aromatic N) is 2. The normalized spacial score (nSPS) is 21.3. The van der Waals surface area contributed by atoms with Gasteiger partial charge in [0, 0.05) is 59.9 Å². The zero-order valence-electron chi connectivity index (χ0n) is 17.9. The molecular weight excluding hydrogens is 372 g/mol. The van der Waals surface area contributed by atoms with Crippen molar-refractivity contribution in [1.82, 2.24) is 14.6 Å². The summed E-state index contributed by atoms with van der Waals surface area (Å²) in [5, 5.41) is 6.87. The van der Waals surface area contributed by atoms with Gasteiger partial charge in [-0.05, 0) is 62.6 Å². The molecule has 30 heavy (non-hydrogen) atoms. The first kappa shape index (κ1) is 19.3. The van der Waals surface area contributed by atoms with Crippen molar-refractivity contribution in [2.75, 3.05) is 25.0 Å². The molecule has 2 saturated heterocycles. The molecule has 2 aliphatic heterocycles. The quantitative estimate of drug-likeness (QED) is 0.586. The summed E-state index contributed by atoms with van der Waals surface area (Å²) in [6.45, 7) is 8.03. The number of aryl methyl sites for hydroxylation is 1. The van der Waals surface area contributed by atoms with E-state index in [1.54, 1.807) is 0 Å². The first-order valence-electron chi connectivity index (χ1n) is 11.2. The van der Waals surface area contributed by atoms with Gasteiger partial charge in [-0.1, -0.05) is 0 Å². The fourth-order valence-electron chi connectivity index (χ4n) is 5.44. The lowest BCUT2D eigenvalue weighted by molar-refractivity contribution is -0.00237. The number of hydrogen-bond donors (Lipinski definition) is 2. The van der Waals surface area contributed by atoms with Crippen molar-refractivity contribution < 1.29 is 4.79 Å². The van der Waals surface area contributed by atoms with Crippen LogP contribution in [0.15, 0.2) is 48.7 Å². The Labute approximate surface area is 178 Å². The lowest BCUT2D eigenvalue weighted by Gasteiger charge is -2.43. The topological polar surface area (TPSA) is 48.1 Å². The molecule has 0 radical (unpaired) electrons. The van der Waals surface area contributed by atoms with E-state index < -0.39 is 0 Å². The van der Waals surface area contributed by atoms with E-state index >= 15 is 0 Å². The summed E-state index contributed by atoms with van der Waals surface area (Å²) in [7, 11) is 0. The van der Waals surface area contributed by atoms with Crippen LogP contribution in [0.4, 0.5) is 11.4 Å². The van der Waals surface area contributed by atoms with Gasteiger partial charge in [-0.3, -0.25) is 4.79 Å². The monoisotopic (exact) mass is 403 g/mol. The van der Waals surface area contributed by atoms with Crippen LogP contribution < -0.4 is 9.91 Å². The molecule has 2 aromatic carbocycles. The van der Waals surface area contributed by atoms with Crippen molar-refractivity contribution in [2.24, 2.45) is 0 Å². The smallest absolute Gasteiger partial charge is 0.255 e. The van der Waals surface area contributed by atoms with Gasteiger partial charge < -0.3 is 10.3 Å². The number of carbonyl (C=O) groups excluding carboxylic acids is 1. The highest BCUT2D eigenvalue weighted by molar-refractivity contribution is 6.06. The Morgan fingerprint density at radius 2 is 1.93 bits per heavy atom. The summed E-state index contributed by atoms with van der Waals surface area (Å²) in [4.78, 5) is 16.0. The standard InChI is InChI=1S/C25H30N4O/c1-18-16-22(29(14-3-4-15-29)28-13-5-6-19(28)2)8-10-23(18)27-25(30)21-7-9-24-20(17-21)11-12-26-24/h7-12,16-17,19H,3-6,13-15H2,1-2H3,(H-,26,27,30)/p+1/t19-/m0/s1. The van der Waals surface area contributed by atoms with E-state index in [9.17, 15) is 4.79 Å². The minimum atomic E-state index is -0.0628. The second-order valence-corrected chi connectivity index (χ2v) is 8.96. The number of fused-ring (bicyclic) bond motifs is 1. The molecule has 2 N–H and O–H groups in total. The van der Waals surface area contributed by atoms with Crippen LogP contribution in [0.2, 0.25) is 0 Å². The van der Waals surface area contributed by atoms with Crippen molar-refractivity contribution >= 4 is 28.2 Å². The van der Waals surface area contributed by atoms with E-state index in [-0.39, 0.29) is 5.91 Å². The SMILES string of the molecule is Cc1cc([N+]2(N3CCC[C@@H]3C)CCCC2)ccc1NC(=O)c1ccc2[nH]ccc2c1. The van der Waals surface area contributed by atoms with E-state index in [0.717, 1.165) is 26.7 Å². The number of carbonyl (C=O) groups is 1. The third kappa shape index (κ3) is 3.22. The maximum Gasteiger partial charge on any atom is 0.255 e. The van der Waals surface area contributed by atoms with Gasteiger partial charge in [-0.2, -0.15) is 0 Å². The molecule has 156 valence electrons. The van der Waals surface area contributed by atoms with Crippen LogP contribution in [0.3, 0.4) is 0 Å². The molecule has 0 aliphatic carbocycles. The number of nitrogens with one attached hydrogen (secondary N) is 2. The van der Waals surface area contributed by atoms with Crippen LogP contribution in [-0.2, 0) is 0 Å². The summed E-state index contributed by atoms with van der Waals surface area (Å²) in [5.41, 5.74) is 5.11. The minimum absolute atomic E-state index is 0.0628. The first-order chi connectivity index (χ1) is 14.6. The molecule has 5 heteroatoms.